The SMILES string of the molecule is CCCCCCCC/C=C/CCCCCCCC(=O)OC(COC(=O)CCCCCCCCCCCCCCC)COP(=O)(O)OCCn1cccc1CCC(=O)O. The van der Waals surface area contributed by atoms with Crippen LogP contribution in [0.3, 0.4) is 0 Å². The lowest BCUT2D eigenvalue weighted by Gasteiger charge is -2.20. The van der Waals surface area contributed by atoms with E-state index in [2.05, 4.69) is 26.0 Å². The summed E-state index contributed by atoms with van der Waals surface area (Å²) >= 11 is 0. The lowest BCUT2D eigenvalue weighted by atomic mass is 10.0. The number of hydrogen-bond donors (Lipinski definition) is 2. The number of unbranched alkanes of at least 4 members (excludes halogenated alkanes) is 23. The Morgan fingerprint density at radius 1 is 0.655 bits per heavy atom. The van der Waals surface area contributed by atoms with Crippen LogP contribution >= 0.6 is 7.82 Å². The molecule has 2 unspecified atom stereocenters. The summed E-state index contributed by atoms with van der Waals surface area (Å²) in [5, 5.41) is 8.98. The molecule has 0 bridgehead atoms. The van der Waals surface area contributed by atoms with Crippen LogP contribution < -0.4 is 0 Å². The van der Waals surface area contributed by atoms with Crippen LogP contribution in [0.5, 0.6) is 0 Å². The van der Waals surface area contributed by atoms with Crippen LogP contribution in [-0.4, -0.2) is 58.4 Å². The maximum absolute atomic E-state index is 12.8. The first-order valence-electron chi connectivity index (χ1n) is 23.1. The number of esters is 2. The zero-order valence-corrected chi connectivity index (χ0v) is 37.5. The quantitative estimate of drug-likeness (QED) is 0.0282. The van der Waals surface area contributed by atoms with Crippen LogP contribution in [0.2, 0.25) is 0 Å². The van der Waals surface area contributed by atoms with Crippen LogP contribution in [0.4, 0.5) is 0 Å². The fraction of sp³-hybridized carbons (Fsp3) is 0.804. The third kappa shape index (κ3) is 33.4. The van der Waals surface area contributed by atoms with Gasteiger partial charge < -0.3 is 24.0 Å². The number of carbonyl (C=O) groups is 3. The van der Waals surface area contributed by atoms with Crippen molar-refractivity contribution in [2.75, 3.05) is 19.8 Å². The number of phosphoric acid groups is 1. The molecule has 0 fully saturated rings. The number of allylic oxidation sites excluding steroid dienone is 2. The van der Waals surface area contributed by atoms with Crippen molar-refractivity contribution in [1.29, 1.82) is 0 Å². The van der Waals surface area contributed by atoms with Gasteiger partial charge in [-0.15, -0.1) is 0 Å². The molecular weight excluding hydrogens is 757 g/mol. The first-order valence-corrected chi connectivity index (χ1v) is 24.6. The molecule has 0 aliphatic carbocycles. The van der Waals surface area contributed by atoms with Gasteiger partial charge >= 0.3 is 25.7 Å². The molecule has 0 spiro atoms. The minimum Gasteiger partial charge on any atom is -0.481 e. The smallest absolute Gasteiger partial charge is 0.472 e. The second kappa shape index (κ2) is 37.5. The van der Waals surface area contributed by atoms with Crippen LogP contribution in [-0.2, 0) is 50.4 Å². The predicted octanol–water partition coefficient (Wildman–Crippen LogP) is 12.6. The second-order valence-electron chi connectivity index (χ2n) is 15.8. The van der Waals surface area contributed by atoms with Gasteiger partial charge in [-0.1, -0.05) is 154 Å². The molecule has 1 aromatic rings. The third-order valence-electron chi connectivity index (χ3n) is 10.4. The minimum absolute atomic E-state index is 0.0339. The molecule has 11 nitrogen and oxygen atoms in total. The minimum atomic E-state index is -4.54. The Labute approximate surface area is 352 Å². The van der Waals surface area contributed by atoms with E-state index in [4.69, 9.17) is 23.6 Å². The zero-order valence-electron chi connectivity index (χ0n) is 36.6. The largest absolute Gasteiger partial charge is 0.481 e. The average Bonchev–Trinajstić information content (AvgIpc) is 3.65. The number of carbonyl (C=O) groups excluding carboxylic acids is 2. The second-order valence-corrected chi connectivity index (χ2v) is 17.3. The molecule has 58 heavy (non-hydrogen) atoms. The van der Waals surface area contributed by atoms with Crippen LogP contribution in [0.25, 0.3) is 0 Å². The molecule has 336 valence electrons. The van der Waals surface area contributed by atoms with E-state index in [0.717, 1.165) is 63.5 Å². The van der Waals surface area contributed by atoms with Crippen LogP contribution in [0.15, 0.2) is 30.5 Å². The van der Waals surface area contributed by atoms with Crippen molar-refractivity contribution >= 4 is 25.7 Å². The van der Waals surface area contributed by atoms with E-state index in [1.54, 1.807) is 22.9 Å². The Kier molecular flexibility index (Phi) is 34.7. The Hall–Kier alpha value is -2.46. The summed E-state index contributed by atoms with van der Waals surface area (Å²) in [6.45, 7) is 3.76. The van der Waals surface area contributed by atoms with Gasteiger partial charge in [0.2, 0.25) is 0 Å². The zero-order chi connectivity index (χ0) is 42.4. The Balaban J connectivity index is 2.43. The number of nitrogens with zero attached hydrogens (tertiary/aromatic N) is 1. The van der Waals surface area contributed by atoms with Gasteiger partial charge in [-0.3, -0.25) is 23.4 Å². The van der Waals surface area contributed by atoms with Gasteiger partial charge in [0.15, 0.2) is 6.10 Å². The monoisotopic (exact) mass is 840 g/mol. The normalized spacial score (nSPS) is 13.2. The number of ether oxygens (including phenoxy) is 2. The van der Waals surface area contributed by atoms with Crippen molar-refractivity contribution in [3.63, 3.8) is 0 Å². The highest BCUT2D eigenvalue weighted by molar-refractivity contribution is 7.47. The lowest BCUT2D eigenvalue weighted by Crippen LogP contribution is -2.29. The third-order valence-corrected chi connectivity index (χ3v) is 11.4. The number of carboxylic acid groups (broad SMARTS) is 1. The van der Waals surface area contributed by atoms with Gasteiger partial charge in [-0.25, -0.2) is 4.57 Å². The van der Waals surface area contributed by atoms with Crippen molar-refractivity contribution < 1.29 is 47.5 Å². The van der Waals surface area contributed by atoms with Crippen molar-refractivity contribution in [2.45, 2.75) is 219 Å². The summed E-state index contributed by atoms with van der Waals surface area (Å²) in [4.78, 5) is 46.6. The molecule has 1 rings (SSSR count). The van der Waals surface area contributed by atoms with Gasteiger partial charge in [0.25, 0.3) is 0 Å². The summed E-state index contributed by atoms with van der Waals surface area (Å²) in [7, 11) is -4.54. The van der Waals surface area contributed by atoms with Crippen LogP contribution in [0.1, 0.15) is 206 Å². The summed E-state index contributed by atoms with van der Waals surface area (Å²) in [5.41, 5.74) is 0.763. The molecule has 12 heteroatoms. The van der Waals surface area contributed by atoms with Gasteiger partial charge in [-0.05, 0) is 57.1 Å². The summed E-state index contributed by atoms with van der Waals surface area (Å²) in [5.74, 6) is -1.80. The number of carboxylic acids is 1. The summed E-state index contributed by atoms with van der Waals surface area (Å²) < 4.78 is 35.8. The topological polar surface area (TPSA) is 151 Å². The fourth-order valence-corrected chi connectivity index (χ4v) is 7.59. The maximum atomic E-state index is 12.8. The molecule has 1 heterocycles. The molecule has 2 atom stereocenters. The molecule has 1 aromatic heterocycles. The van der Waals surface area contributed by atoms with Crippen molar-refractivity contribution in [2.24, 2.45) is 0 Å². The van der Waals surface area contributed by atoms with Crippen molar-refractivity contribution in [3.8, 4) is 0 Å². The molecule has 0 saturated carbocycles. The molecular formula is C46H82NO10P. The van der Waals surface area contributed by atoms with E-state index in [-0.39, 0.29) is 39.0 Å². The molecule has 0 aromatic carbocycles. The molecule has 0 radical (unpaired) electrons. The Morgan fingerprint density at radius 2 is 1.14 bits per heavy atom. The number of aryl methyl sites for hydroxylation is 1. The molecule has 0 saturated heterocycles. The first kappa shape index (κ1) is 53.6. The van der Waals surface area contributed by atoms with E-state index in [1.807, 2.05) is 0 Å². The highest BCUT2D eigenvalue weighted by Crippen LogP contribution is 2.43. The van der Waals surface area contributed by atoms with E-state index < -0.39 is 38.4 Å². The standard InChI is InChI=1S/C46H82NO10P/c1-3-5-7-9-11-13-15-17-18-20-22-24-26-28-30-34-46(51)57-43(40-54-45(50)33-29-27-25-23-21-19-16-14-12-10-8-6-4-2)41-56-58(52,53)55-39-38-47-37-31-32-42(47)35-36-44(48)49/h17-18,31-32,37,43H,3-16,19-30,33-36,38-41H2,1-2H3,(H,48,49)(H,52,53)/b18-17+. The van der Waals surface area contributed by atoms with Crippen LogP contribution in [0, 0.1) is 0 Å². The fourth-order valence-electron chi connectivity index (χ4n) is 6.84. The first-order chi connectivity index (χ1) is 28.2. The van der Waals surface area contributed by atoms with E-state index in [9.17, 15) is 23.8 Å². The van der Waals surface area contributed by atoms with E-state index in [0.29, 0.717) is 19.3 Å². The van der Waals surface area contributed by atoms with Gasteiger partial charge in [-0.2, -0.15) is 0 Å². The Bertz CT molecular complexity index is 1230. The van der Waals surface area contributed by atoms with Gasteiger partial charge in [0.05, 0.1) is 19.6 Å². The van der Waals surface area contributed by atoms with Crippen molar-refractivity contribution in [1.82, 2.24) is 4.57 Å². The lowest BCUT2D eigenvalue weighted by molar-refractivity contribution is -0.161. The summed E-state index contributed by atoms with van der Waals surface area (Å²) in [6, 6.07) is 3.55. The molecule has 0 aliphatic heterocycles. The van der Waals surface area contributed by atoms with Gasteiger partial charge in [0, 0.05) is 31.3 Å². The van der Waals surface area contributed by atoms with Gasteiger partial charge in [0.1, 0.15) is 6.61 Å². The predicted molar refractivity (Wildman–Crippen MR) is 233 cm³/mol. The average molecular weight is 840 g/mol. The maximum Gasteiger partial charge on any atom is 0.472 e. The molecule has 2 N–H and O–H groups in total. The van der Waals surface area contributed by atoms with E-state index >= 15 is 0 Å². The molecule has 0 amide bonds. The summed E-state index contributed by atoms with van der Waals surface area (Å²) in [6.07, 6.45) is 36.6. The number of rotatable bonds is 42. The highest BCUT2D eigenvalue weighted by Gasteiger charge is 2.26. The number of hydrogen-bond acceptors (Lipinski definition) is 8. The highest BCUT2D eigenvalue weighted by atomic mass is 31.2. The molecule has 0 aliphatic rings. The Morgan fingerprint density at radius 3 is 1.66 bits per heavy atom. The number of phosphoric ester groups is 1. The van der Waals surface area contributed by atoms with E-state index in [1.165, 1.54) is 96.3 Å². The number of aliphatic carboxylic acids is 1. The van der Waals surface area contributed by atoms with Crippen molar-refractivity contribution in [3.05, 3.63) is 36.2 Å². The number of aromatic nitrogens is 1.